The number of aryl methyl sites for hydroxylation is 1. The zero-order valence-electron chi connectivity index (χ0n) is 11.3. The summed E-state index contributed by atoms with van der Waals surface area (Å²) in [6.07, 6.45) is 2.78. The van der Waals surface area contributed by atoms with Gasteiger partial charge in [-0.25, -0.2) is 4.98 Å². The molecule has 100 valence electrons. The minimum absolute atomic E-state index is 0.0736. The second-order valence-electron chi connectivity index (χ2n) is 5.87. The van der Waals surface area contributed by atoms with Gasteiger partial charge in [0.05, 0.1) is 5.69 Å². The normalized spacial score (nSPS) is 20.5. The number of aromatic nitrogens is 1. The molecule has 3 N–H and O–H groups in total. The Labute approximate surface area is 116 Å². The van der Waals surface area contributed by atoms with Gasteiger partial charge in [0, 0.05) is 17.6 Å². The number of carbonyl (C=O) groups is 1. The van der Waals surface area contributed by atoms with E-state index in [0.29, 0.717) is 10.6 Å². The van der Waals surface area contributed by atoms with Gasteiger partial charge in [-0.15, -0.1) is 11.3 Å². The van der Waals surface area contributed by atoms with Crippen LogP contribution in [0.3, 0.4) is 0 Å². The van der Waals surface area contributed by atoms with Crippen molar-refractivity contribution in [2.24, 2.45) is 5.41 Å². The summed E-state index contributed by atoms with van der Waals surface area (Å²) in [5.41, 5.74) is 7.95. The van der Waals surface area contributed by atoms with Gasteiger partial charge in [0.15, 0.2) is 0 Å². The van der Waals surface area contributed by atoms with Crippen molar-refractivity contribution in [3.8, 4) is 0 Å². The van der Waals surface area contributed by atoms with Crippen LogP contribution in [0.2, 0.25) is 0 Å². The Hall–Kier alpha value is -1.62. The molecule has 0 radical (unpaired) electrons. The van der Waals surface area contributed by atoms with Crippen molar-refractivity contribution in [1.29, 1.82) is 0 Å². The van der Waals surface area contributed by atoms with E-state index in [1.54, 1.807) is 6.20 Å². The maximum atomic E-state index is 12.3. The first-order valence-corrected chi connectivity index (χ1v) is 7.16. The SMILES string of the molecule is Cc1ccnc2sc(C(=O)NC3CC3(C)C)c(N)c12. The van der Waals surface area contributed by atoms with Crippen molar-refractivity contribution in [1.82, 2.24) is 10.3 Å². The maximum absolute atomic E-state index is 12.3. The van der Waals surface area contributed by atoms with Crippen molar-refractivity contribution < 1.29 is 4.79 Å². The van der Waals surface area contributed by atoms with E-state index in [4.69, 9.17) is 5.73 Å². The number of pyridine rings is 1. The summed E-state index contributed by atoms with van der Waals surface area (Å²) < 4.78 is 0. The van der Waals surface area contributed by atoms with E-state index >= 15 is 0 Å². The number of hydrogen-bond acceptors (Lipinski definition) is 4. The predicted molar refractivity (Wildman–Crippen MR) is 78.4 cm³/mol. The fourth-order valence-electron chi connectivity index (χ4n) is 2.31. The quantitative estimate of drug-likeness (QED) is 0.885. The molecule has 1 fully saturated rings. The van der Waals surface area contributed by atoms with Crippen LogP contribution in [0.4, 0.5) is 5.69 Å². The number of amides is 1. The van der Waals surface area contributed by atoms with Gasteiger partial charge in [0.1, 0.15) is 9.71 Å². The summed E-state index contributed by atoms with van der Waals surface area (Å²) in [7, 11) is 0. The molecule has 1 amide bonds. The molecule has 1 atom stereocenters. The predicted octanol–water partition coefficient (Wildman–Crippen LogP) is 2.72. The molecule has 0 bridgehead atoms. The summed E-state index contributed by atoms with van der Waals surface area (Å²) in [4.78, 5) is 18.0. The average molecular weight is 275 g/mol. The number of hydrogen-bond donors (Lipinski definition) is 2. The highest BCUT2D eigenvalue weighted by Gasteiger charge is 2.46. The minimum atomic E-state index is -0.0736. The number of nitrogen functional groups attached to an aromatic ring is 1. The van der Waals surface area contributed by atoms with Crippen molar-refractivity contribution in [2.75, 3.05) is 5.73 Å². The van der Waals surface area contributed by atoms with Crippen molar-refractivity contribution in [3.63, 3.8) is 0 Å². The number of rotatable bonds is 2. The highest BCUT2D eigenvalue weighted by Crippen LogP contribution is 2.45. The topological polar surface area (TPSA) is 68.0 Å². The second kappa shape index (κ2) is 3.93. The smallest absolute Gasteiger partial charge is 0.263 e. The van der Waals surface area contributed by atoms with Crippen LogP contribution < -0.4 is 11.1 Å². The third-order valence-electron chi connectivity index (χ3n) is 3.86. The largest absolute Gasteiger partial charge is 0.397 e. The lowest BCUT2D eigenvalue weighted by atomic mass is 10.1. The summed E-state index contributed by atoms with van der Waals surface area (Å²) >= 11 is 1.37. The van der Waals surface area contributed by atoms with E-state index in [2.05, 4.69) is 24.1 Å². The summed E-state index contributed by atoms with van der Waals surface area (Å²) in [5.74, 6) is -0.0736. The maximum Gasteiger partial charge on any atom is 0.263 e. The fourth-order valence-corrected chi connectivity index (χ4v) is 3.35. The van der Waals surface area contributed by atoms with Gasteiger partial charge in [-0.05, 0) is 30.4 Å². The molecule has 0 aliphatic heterocycles. The van der Waals surface area contributed by atoms with Crippen LogP contribution in [-0.4, -0.2) is 16.9 Å². The van der Waals surface area contributed by atoms with Crippen LogP contribution in [0, 0.1) is 12.3 Å². The lowest BCUT2D eigenvalue weighted by Gasteiger charge is -2.06. The Kier molecular flexibility index (Phi) is 2.57. The third kappa shape index (κ3) is 1.98. The Bertz CT molecular complexity index is 675. The Morgan fingerprint density at radius 3 is 2.84 bits per heavy atom. The van der Waals surface area contributed by atoms with Crippen molar-refractivity contribution >= 4 is 33.1 Å². The van der Waals surface area contributed by atoms with Crippen LogP contribution in [0.1, 0.15) is 35.5 Å². The minimum Gasteiger partial charge on any atom is -0.397 e. The summed E-state index contributed by atoms with van der Waals surface area (Å²) in [6.45, 7) is 6.29. The average Bonchev–Trinajstić information content (AvgIpc) is 2.78. The monoisotopic (exact) mass is 275 g/mol. The van der Waals surface area contributed by atoms with Crippen LogP contribution in [0.5, 0.6) is 0 Å². The number of nitrogens with zero attached hydrogens (tertiary/aromatic N) is 1. The zero-order valence-corrected chi connectivity index (χ0v) is 12.1. The third-order valence-corrected chi connectivity index (χ3v) is 4.97. The first kappa shape index (κ1) is 12.4. The molecule has 3 rings (SSSR count). The number of nitrogens with one attached hydrogen (secondary N) is 1. The molecular formula is C14H17N3OS. The molecule has 5 heteroatoms. The highest BCUT2D eigenvalue weighted by atomic mass is 32.1. The Balaban J connectivity index is 1.95. The van der Waals surface area contributed by atoms with Crippen LogP contribution in [-0.2, 0) is 0 Å². The zero-order chi connectivity index (χ0) is 13.8. The second-order valence-corrected chi connectivity index (χ2v) is 6.87. The number of anilines is 1. The van der Waals surface area contributed by atoms with Crippen LogP contribution >= 0.6 is 11.3 Å². The van der Waals surface area contributed by atoms with Gasteiger partial charge in [-0.3, -0.25) is 4.79 Å². The van der Waals surface area contributed by atoms with E-state index in [0.717, 1.165) is 22.2 Å². The van der Waals surface area contributed by atoms with Gasteiger partial charge in [0.2, 0.25) is 0 Å². The van der Waals surface area contributed by atoms with Gasteiger partial charge in [0.25, 0.3) is 5.91 Å². The summed E-state index contributed by atoms with van der Waals surface area (Å²) in [6, 6.07) is 2.18. The lowest BCUT2D eigenvalue weighted by Crippen LogP contribution is -2.28. The van der Waals surface area contributed by atoms with Gasteiger partial charge < -0.3 is 11.1 Å². The van der Waals surface area contributed by atoms with E-state index in [1.165, 1.54) is 11.3 Å². The number of nitrogens with two attached hydrogens (primary N) is 1. The van der Waals surface area contributed by atoms with E-state index < -0.39 is 0 Å². The first-order chi connectivity index (χ1) is 8.90. The van der Waals surface area contributed by atoms with E-state index in [9.17, 15) is 4.79 Å². The Morgan fingerprint density at radius 1 is 1.58 bits per heavy atom. The van der Waals surface area contributed by atoms with Gasteiger partial charge >= 0.3 is 0 Å². The fraction of sp³-hybridized carbons (Fsp3) is 0.429. The van der Waals surface area contributed by atoms with Crippen LogP contribution in [0.15, 0.2) is 12.3 Å². The Morgan fingerprint density at radius 2 is 2.26 bits per heavy atom. The molecule has 0 saturated heterocycles. The molecule has 19 heavy (non-hydrogen) atoms. The molecule has 1 aliphatic carbocycles. The molecule has 0 aromatic carbocycles. The van der Waals surface area contributed by atoms with Crippen molar-refractivity contribution in [3.05, 3.63) is 22.7 Å². The molecule has 1 aliphatic rings. The molecule has 2 heterocycles. The molecular weight excluding hydrogens is 258 g/mol. The lowest BCUT2D eigenvalue weighted by molar-refractivity contribution is 0.0951. The molecule has 1 unspecified atom stereocenters. The van der Waals surface area contributed by atoms with Crippen LogP contribution in [0.25, 0.3) is 10.2 Å². The molecule has 2 aromatic heterocycles. The number of thiophene rings is 1. The number of carbonyl (C=O) groups excluding carboxylic acids is 1. The first-order valence-electron chi connectivity index (χ1n) is 6.34. The molecule has 1 saturated carbocycles. The summed E-state index contributed by atoms with van der Waals surface area (Å²) in [5, 5.41) is 3.96. The van der Waals surface area contributed by atoms with E-state index in [-0.39, 0.29) is 17.4 Å². The van der Waals surface area contributed by atoms with Gasteiger partial charge in [-0.1, -0.05) is 13.8 Å². The number of fused-ring (bicyclic) bond motifs is 1. The van der Waals surface area contributed by atoms with E-state index in [1.807, 2.05) is 13.0 Å². The molecule has 0 spiro atoms. The highest BCUT2D eigenvalue weighted by molar-refractivity contribution is 7.21. The van der Waals surface area contributed by atoms with Gasteiger partial charge in [-0.2, -0.15) is 0 Å². The molecule has 4 nitrogen and oxygen atoms in total. The standard InChI is InChI=1S/C14H17N3OS/c1-7-4-5-16-13-9(7)10(15)11(19-13)12(18)17-8-6-14(8,2)3/h4-5,8H,6,15H2,1-3H3,(H,17,18). The van der Waals surface area contributed by atoms with Crippen molar-refractivity contribution in [2.45, 2.75) is 33.2 Å². The molecule has 2 aromatic rings.